The molecule has 7 heteroatoms. The number of hydrogen-bond acceptors (Lipinski definition) is 5. The molecule has 0 unspecified atom stereocenters. The molecule has 0 aliphatic heterocycles. The molecule has 0 fully saturated rings. The van der Waals surface area contributed by atoms with Crippen LogP contribution in [0, 0.1) is 0 Å². The number of rotatable bonds is 4. The first-order valence-electron chi connectivity index (χ1n) is 5.32. The van der Waals surface area contributed by atoms with Gasteiger partial charge in [-0.15, -0.1) is 0 Å². The van der Waals surface area contributed by atoms with Crippen LogP contribution in [0.5, 0.6) is 5.75 Å². The highest BCUT2D eigenvalue weighted by molar-refractivity contribution is 6.28. The quantitative estimate of drug-likeness (QED) is 0.499. The van der Waals surface area contributed by atoms with Crippen LogP contribution in [-0.4, -0.2) is 26.6 Å². The molecule has 2 rings (SSSR count). The second-order valence-electron chi connectivity index (χ2n) is 3.60. The Hall–Kier alpha value is -2.83. The van der Waals surface area contributed by atoms with Crippen molar-refractivity contribution in [3.8, 4) is 5.75 Å². The van der Waals surface area contributed by atoms with Gasteiger partial charge in [-0.1, -0.05) is 18.2 Å². The van der Waals surface area contributed by atoms with Gasteiger partial charge in [0.15, 0.2) is 5.75 Å². The summed E-state index contributed by atoms with van der Waals surface area (Å²) in [6.45, 7) is 0.459. The van der Waals surface area contributed by atoms with Crippen molar-refractivity contribution in [1.82, 2.24) is 9.55 Å². The lowest BCUT2D eigenvalue weighted by Gasteiger charge is -2.08. The van der Waals surface area contributed by atoms with Crippen molar-refractivity contribution in [1.29, 1.82) is 0 Å². The molecule has 0 saturated carbocycles. The average molecular weight is 262 g/mol. The van der Waals surface area contributed by atoms with Gasteiger partial charge in [0.1, 0.15) is 0 Å². The SMILES string of the molecule is O=C(O)C(=O)OOc1ccccc1Cn1ccnc1. The van der Waals surface area contributed by atoms with Crippen LogP contribution >= 0.6 is 0 Å². The Morgan fingerprint density at radius 3 is 2.79 bits per heavy atom. The molecule has 0 saturated heterocycles. The van der Waals surface area contributed by atoms with Crippen LogP contribution in [0.3, 0.4) is 0 Å². The highest BCUT2D eigenvalue weighted by Crippen LogP contribution is 2.19. The standard InChI is InChI=1S/C12H10N2O5/c15-11(16)12(17)19-18-10-4-2-1-3-9(10)7-14-6-5-13-8-14/h1-6,8H,7H2,(H,15,16). The molecule has 0 spiro atoms. The van der Waals surface area contributed by atoms with E-state index in [2.05, 4.69) is 9.87 Å². The van der Waals surface area contributed by atoms with E-state index in [1.54, 1.807) is 47.6 Å². The molecule has 2 aromatic rings. The van der Waals surface area contributed by atoms with E-state index in [4.69, 9.17) is 9.99 Å². The molecule has 1 N–H and O–H groups in total. The summed E-state index contributed by atoms with van der Waals surface area (Å²) >= 11 is 0. The molecule has 19 heavy (non-hydrogen) atoms. The summed E-state index contributed by atoms with van der Waals surface area (Å²) in [4.78, 5) is 33.9. The van der Waals surface area contributed by atoms with Crippen molar-refractivity contribution in [2.75, 3.05) is 0 Å². The molecule has 0 atom stereocenters. The molecule has 0 aliphatic rings. The number of carbonyl (C=O) groups excluding carboxylic acids is 1. The van der Waals surface area contributed by atoms with E-state index >= 15 is 0 Å². The smallest absolute Gasteiger partial charge is 0.462 e. The second-order valence-corrected chi connectivity index (χ2v) is 3.60. The topological polar surface area (TPSA) is 90.6 Å². The number of benzene rings is 1. The number of aromatic nitrogens is 2. The zero-order valence-electron chi connectivity index (χ0n) is 9.72. The van der Waals surface area contributed by atoms with Gasteiger partial charge in [-0.3, -0.25) is 4.89 Å². The summed E-state index contributed by atoms with van der Waals surface area (Å²) in [7, 11) is 0. The van der Waals surface area contributed by atoms with Crippen molar-refractivity contribution in [2.24, 2.45) is 0 Å². The van der Waals surface area contributed by atoms with Crippen LogP contribution < -0.4 is 4.89 Å². The first kappa shape index (κ1) is 12.6. The highest BCUT2D eigenvalue weighted by atomic mass is 17.2. The Labute approximate surface area is 107 Å². The van der Waals surface area contributed by atoms with Gasteiger partial charge in [0.25, 0.3) is 0 Å². The molecule has 7 nitrogen and oxygen atoms in total. The van der Waals surface area contributed by atoms with E-state index in [1.165, 1.54) is 0 Å². The number of carbonyl (C=O) groups is 2. The van der Waals surface area contributed by atoms with Crippen molar-refractivity contribution < 1.29 is 24.5 Å². The zero-order chi connectivity index (χ0) is 13.7. The van der Waals surface area contributed by atoms with Gasteiger partial charge < -0.3 is 9.67 Å². The van der Waals surface area contributed by atoms with E-state index in [9.17, 15) is 9.59 Å². The van der Waals surface area contributed by atoms with Crippen LogP contribution in [0.1, 0.15) is 5.56 Å². The van der Waals surface area contributed by atoms with Crippen LogP contribution in [0.15, 0.2) is 43.0 Å². The van der Waals surface area contributed by atoms with Gasteiger partial charge in [0, 0.05) is 18.0 Å². The van der Waals surface area contributed by atoms with Gasteiger partial charge in [-0.05, 0) is 6.07 Å². The Bertz CT molecular complexity index is 580. The monoisotopic (exact) mass is 262 g/mol. The molecule has 1 aromatic heterocycles. The van der Waals surface area contributed by atoms with Crippen molar-refractivity contribution in [2.45, 2.75) is 6.54 Å². The Balaban J connectivity index is 2.08. The number of carboxylic acids is 1. The maximum atomic E-state index is 10.8. The second kappa shape index (κ2) is 5.67. The van der Waals surface area contributed by atoms with Crippen LogP contribution in [0.2, 0.25) is 0 Å². The summed E-state index contributed by atoms with van der Waals surface area (Å²) < 4.78 is 1.79. The Kier molecular flexibility index (Phi) is 3.77. The van der Waals surface area contributed by atoms with Gasteiger partial charge in [0.05, 0.1) is 12.9 Å². The van der Waals surface area contributed by atoms with Gasteiger partial charge in [-0.2, -0.15) is 0 Å². The zero-order valence-corrected chi connectivity index (χ0v) is 9.72. The third-order valence-electron chi connectivity index (χ3n) is 2.27. The number of aliphatic carboxylic acids is 1. The third kappa shape index (κ3) is 3.32. The summed E-state index contributed by atoms with van der Waals surface area (Å²) in [6, 6.07) is 6.81. The van der Waals surface area contributed by atoms with Gasteiger partial charge in [0.2, 0.25) is 0 Å². The molecule has 1 heterocycles. The Morgan fingerprint density at radius 1 is 1.32 bits per heavy atom. The Morgan fingerprint density at radius 2 is 2.11 bits per heavy atom. The predicted molar refractivity (Wildman–Crippen MR) is 62.1 cm³/mol. The van der Waals surface area contributed by atoms with Gasteiger partial charge in [-0.25, -0.2) is 19.5 Å². The third-order valence-corrected chi connectivity index (χ3v) is 2.27. The van der Waals surface area contributed by atoms with Crippen LogP contribution in [0.25, 0.3) is 0 Å². The fourth-order valence-electron chi connectivity index (χ4n) is 1.41. The van der Waals surface area contributed by atoms with Crippen molar-refractivity contribution in [3.05, 3.63) is 48.5 Å². The largest absolute Gasteiger partial charge is 0.473 e. The minimum atomic E-state index is -1.72. The fourth-order valence-corrected chi connectivity index (χ4v) is 1.41. The predicted octanol–water partition coefficient (Wildman–Crippen LogP) is 0.853. The first-order valence-corrected chi connectivity index (χ1v) is 5.32. The number of hydrogen-bond donors (Lipinski definition) is 1. The number of nitrogens with zero attached hydrogens (tertiary/aromatic N) is 2. The molecule has 0 amide bonds. The lowest BCUT2D eigenvalue weighted by molar-refractivity contribution is -0.217. The lowest BCUT2D eigenvalue weighted by atomic mass is 10.2. The van der Waals surface area contributed by atoms with Crippen molar-refractivity contribution >= 4 is 11.9 Å². The molecule has 0 radical (unpaired) electrons. The number of carboxylic acid groups (broad SMARTS) is 1. The minimum Gasteiger partial charge on any atom is -0.473 e. The lowest BCUT2D eigenvalue weighted by Crippen LogP contribution is -2.18. The van der Waals surface area contributed by atoms with Crippen molar-refractivity contribution in [3.63, 3.8) is 0 Å². The number of imidazole rings is 1. The average Bonchev–Trinajstić information content (AvgIpc) is 2.90. The normalized spacial score (nSPS) is 9.89. The summed E-state index contributed by atoms with van der Waals surface area (Å²) in [6.07, 6.45) is 5.02. The minimum absolute atomic E-state index is 0.269. The molecular formula is C12H10N2O5. The maximum Gasteiger partial charge on any atom is 0.462 e. The summed E-state index contributed by atoms with van der Waals surface area (Å²) in [5, 5.41) is 8.37. The first-order chi connectivity index (χ1) is 9.16. The summed E-state index contributed by atoms with van der Waals surface area (Å²) in [5.41, 5.74) is 0.721. The fraction of sp³-hybridized carbons (Fsp3) is 0.0833. The van der Waals surface area contributed by atoms with Gasteiger partial charge >= 0.3 is 11.9 Å². The van der Waals surface area contributed by atoms with E-state index < -0.39 is 11.9 Å². The highest BCUT2D eigenvalue weighted by Gasteiger charge is 2.16. The molecule has 98 valence electrons. The van der Waals surface area contributed by atoms with E-state index in [-0.39, 0.29) is 5.75 Å². The number of para-hydroxylation sites is 1. The van der Waals surface area contributed by atoms with Crippen LogP contribution in [0.4, 0.5) is 0 Å². The summed E-state index contributed by atoms with van der Waals surface area (Å²) in [5.74, 6) is -2.92. The maximum absolute atomic E-state index is 10.8. The molecule has 0 bridgehead atoms. The molecular weight excluding hydrogens is 252 g/mol. The van der Waals surface area contributed by atoms with Crippen LogP contribution in [-0.2, 0) is 21.0 Å². The van der Waals surface area contributed by atoms with E-state index in [0.29, 0.717) is 6.54 Å². The molecule has 0 aliphatic carbocycles. The van der Waals surface area contributed by atoms with E-state index in [1.807, 2.05) is 0 Å². The molecule has 1 aromatic carbocycles. The van der Waals surface area contributed by atoms with E-state index in [0.717, 1.165) is 5.56 Å².